The molecule has 0 fully saturated rings. The number of nitrogens with one attached hydrogen (secondary N) is 1. The van der Waals surface area contributed by atoms with Gasteiger partial charge in [0.15, 0.2) is 0 Å². The molecule has 3 aromatic carbocycles. The molecule has 7 heteroatoms. The zero-order valence-corrected chi connectivity index (χ0v) is 22.6. The van der Waals surface area contributed by atoms with E-state index < -0.39 is 6.04 Å². The number of carbonyl (C=O) groups is 2. The summed E-state index contributed by atoms with van der Waals surface area (Å²) in [7, 11) is 0. The molecule has 1 N–H and O–H groups in total. The summed E-state index contributed by atoms with van der Waals surface area (Å²) < 4.78 is 0. The van der Waals surface area contributed by atoms with Gasteiger partial charge < -0.3 is 10.2 Å². The SMILES string of the molecule is CCCCNC(=O)[C@@H](Cc1ccccc1)N(Cc1c(Cl)cccc1Cl)C(=O)CCc1ccccc1Cl. The third-order valence-corrected chi connectivity index (χ3v) is 7.13. The molecule has 0 bridgehead atoms. The van der Waals surface area contributed by atoms with E-state index in [1.807, 2.05) is 54.6 Å². The third kappa shape index (κ3) is 7.99. The topological polar surface area (TPSA) is 49.4 Å². The summed E-state index contributed by atoms with van der Waals surface area (Å²) in [6.07, 6.45) is 2.85. The number of benzene rings is 3. The lowest BCUT2D eigenvalue weighted by atomic mass is 10.0. The van der Waals surface area contributed by atoms with E-state index in [2.05, 4.69) is 12.2 Å². The number of carbonyl (C=O) groups excluding carboxylic acids is 2. The monoisotopic (exact) mass is 544 g/mol. The molecule has 0 aliphatic rings. The summed E-state index contributed by atoms with van der Waals surface area (Å²) in [4.78, 5) is 28.8. The molecule has 0 aliphatic heterocycles. The molecule has 0 aromatic heterocycles. The van der Waals surface area contributed by atoms with Crippen LogP contribution in [-0.2, 0) is 29.0 Å². The van der Waals surface area contributed by atoms with Gasteiger partial charge in [-0.3, -0.25) is 9.59 Å². The van der Waals surface area contributed by atoms with Crippen LogP contribution in [-0.4, -0.2) is 29.3 Å². The first kappa shape index (κ1) is 28.0. The van der Waals surface area contributed by atoms with Crippen LogP contribution < -0.4 is 5.32 Å². The van der Waals surface area contributed by atoms with Gasteiger partial charge in [0.25, 0.3) is 0 Å². The van der Waals surface area contributed by atoms with Gasteiger partial charge in [0.1, 0.15) is 6.04 Å². The number of nitrogens with zero attached hydrogens (tertiary/aromatic N) is 1. The van der Waals surface area contributed by atoms with E-state index >= 15 is 0 Å². The number of halogens is 3. The molecule has 0 aliphatic carbocycles. The highest BCUT2D eigenvalue weighted by molar-refractivity contribution is 6.36. The minimum atomic E-state index is -0.727. The second-order valence-corrected chi connectivity index (χ2v) is 9.88. The Kier molecular flexibility index (Phi) is 11.1. The summed E-state index contributed by atoms with van der Waals surface area (Å²) in [5.74, 6) is -0.362. The van der Waals surface area contributed by atoms with Crippen LogP contribution in [0.15, 0.2) is 72.8 Å². The lowest BCUT2D eigenvalue weighted by Gasteiger charge is -2.32. The van der Waals surface area contributed by atoms with Crippen molar-refractivity contribution in [2.75, 3.05) is 6.54 Å². The largest absolute Gasteiger partial charge is 0.354 e. The lowest BCUT2D eigenvalue weighted by Crippen LogP contribution is -2.50. The molecule has 3 rings (SSSR count). The smallest absolute Gasteiger partial charge is 0.243 e. The van der Waals surface area contributed by atoms with Gasteiger partial charge >= 0.3 is 0 Å². The van der Waals surface area contributed by atoms with E-state index in [9.17, 15) is 9.59 Å². The highest BCUT2D eigenvalue weighted by atomic mass is 35.5. The molecule has 36 heavy (non-hydrogen) atoms. The average molecular weight is 546 g/mol. The van der Waals surface area contributed by atoms with Crippen LogP contribution >= 0.6 is 34.8 Å². The first-order chi connectivity index (χ1) is 17.4. The quantitative estimate of drug-likeness (QED) is 0.246. The zero-order chi connectivity index (χ0) is 25.9. The second kappa shape index (κ2) is 14.3. The van der Waals surface area contributed by atoms with Gasteiger partial charge in [-0.25, -0.2) is 0 Å². The normalized spacial score (nSPS) is 11.7. The summed E-state index contributed by atoms with van der Waals surface area (Å²) in [5.41, 5.74) is 2.46. The van der Waals surface area contributed by atoms with Gasteiger partial charge in [-0.15, -0.1) is 0 Å². The fourth-order valence-corrected chi connectivity index (χ4v) is 4.75. The van der Waals surface area contributed by atoms with Crippen LogP contribution in [0.25, 0.3) is 0 Å². The van der Waals surface area contributed by atoms with E-state index in [0.29, 0.717) is 40.0 Å². The molecule has 0 saturated carbocycles. The van der Waals surface area contributed by atoms with Gasteiger partial charge in [-0.05, 0) is 42.2 Å². The van der Waals surface area contributed by atoms with Crippen molar-refractivity contribution in [1.29, 1.82) is 0 Å². The van der Waals surface area contributed by atoms with Crippen LogP contribution in [0.2, 0.25) is 15.1 Å². The predicted molar refractivity (Wildman–Crippen MR) is 149 cm³/mol. The molecular weight excluding hydrogens is 515 g/mol. The highest BCUT2D eigenvalue weighted by Crippen LogP contribution is 2.28. The first-order valence-corrected chi connectivity index (χ1v) is 13.3. The van der Waals surface area contributed by atoms with E-state index in [-0.39, 0.29) is 24.8 Å². The van der Waals surface area contributed by atoms with Crippen molar-refractivity contribution in [2.45, 2.75) is 51.6 Å². The Balaban J connectivity index is 1.94. The predicted octanol–water partition coefficient (Wildman–Crippen LogP) is 7.14. The van der Waals surface area contributed by atoms with E-state index in [4.69, 9.17) is 34.8 Å². The van der Waals surface area contributed by atoms with E-state index in [0.717, 1.165) is 24.0 Å². The van der Waals surface area contributed by atoms with Crippen molar-refractivity contribution in [3.05, 3.63) is 105 Å². The van der Waals surface area contributed by atoms with Gasteiger partial charge in [-0.2, -0.15) is 0 Å². The zero-order valence-electron chi connectivity index (χ0n) is 20.4. The minimum absolute atomic E-state index is 0.124. The molecule has 2 amide bonds. The molecular formula is C29H31Cl3N2O2. The van der Waals surface area contributed by atoms with E-state index in [1.54, 1.807) is 23.1 Å². The van der Waals surface area contributed by atoms with Crippen LogP contribution in [0.4, 0.5) is 0 Å². The van der Waals surface area contributed by atoms with Crippen LogP contribution in [0.5, 0.6) is 0 Å². The molecule has 0 saturated heterocycles. The Hall–Kier alpha value is -2.53. The van der Waals surface area contributed by atoms with Crippen LogP contribution in [0.1, 0.15) is 42.9 Å². The third-order valence-electron chi connectivity index (χ3n) is 6.06. The van der Waals surface area contributed by atoms with Crippen LogP contribution in [0.3, 0.4) is 0 Å². The van der Waals surface area contributed by atoms with Crippen molar-refractivity contribution in [3.8, 4) is 0 Å². The maximum absolute atomic E-state index is 13.7. The summed E-state index contributed by atoms with van der Waals surface area (Å²) >= 11 is 19.3. The molecule has 0 radical (unpaired) electrons. The number of aryl methyl sites for hydroxylation is 1. The van der Waals surface area contributed by atoms with Crippen molar-refractivity contribution in [1.82, 2.24) is 10.2 Å². The highest BCUT2D eigenvalue weighted by Gasteiger charge is 2.31. The molecule has 190 valence electrons. The number of unbranched alkanes of at least 4 members (excludes halogenated alkanes) is 1. The standard InChI is InChI=1S/C29H31Cl3N2O2/c1-2-3-18-33-29(36)27(19-21-10-5-4-6-11-21)34(20-23-25(31)14-9-15-26(23)32)28(35)17-16-22-12-7-8-13-24(22)30/h4-15,27H,2-3,16-20H2,1H3,(H,33,36)/t27-/m1/s1. The summed E-state index contributed by atoms with van der Waals surface area (Å²) in [6.45, 7) is 2.74. The number of hydrogen-bond acceptors (Lipinski definition) is 2. The molecule has 1 atom stereocenters. The maximum atomic E-state index is 13.7. The Morgan fingerprint density at radius 3 is 2.17 bits per heavy atom. The lowest BCUT2D eigenvalue weighted by molar-refractivity contribution is -0.141. The van der Waals surface area contributed by atoms with E-state index in [1.165, 1.54) is 0 Å². The fourth-order valence-electron chi connectivity index (χ4n) is 4.00. The van der Waals surface area contributed by atoms with Crippen molar-refractivity contribution >= 4 is 46.6 Å². The van der Waals surface area contributed by atoms with Crippen LogP contribution in [0, 0.1) is 0 Å². The molecule has 0 spiro atoms. The molecule has 0 unspecified atom stereocenters. The van der Waals surface area contributed by atoms with Crippen molar-refractivity contribution in [3.63, 3.8) is 0 Å². The number of amides is 2. The fraction of sp³-hybridized carbons (Fsp3) is 0.310. The Bertz CT molecular complexity index is 1130. The van der Waals surface area contributed by atoms with Crippen molar-refractivity contribution in [2.24, 2.45) is 0 Å². The number of hydrogen-bond donors (Lipinski definition) is 1. The van der Waals surface area contributed by atoms with Gasteiger partial charge in [0, 0.05) is 46.6 Å². The molecule has 0 heterocycles. The Morgan fingerprint density at radius 2 is 1.50 bits per heavy atom. The average Bonchev–Trinajstić information content (AvgIpc) is 2.87. The second-order valence-electron chi connectivity index (χ2n) is 8.66. The van der Waals surface area contributed by atoms with Gasteiger partial charge in [0.2, 0.25) is 11.8 Å². The Labute approximate surface area is 228 Å². The maximum Gasteiger partial charge on any atom is 0.243 e. The Morgan fingerprint density at radius 1 is 0.861 bits per heavy atom. The summed E-state index contributed by atoms with van der Waals surface area (Å²) in [5, 5.41) is 4.54. The number of rotatable bonds is 12. The summed E-state index contributed by atoms with van der Waals surface area (Å²) in [6, 6.07) is 21.7. The van der Waals surface area contributed by atoms with Gasteiger partial charge in [0.05, 0.1) is 0 Å². The minimum Gasteiger partial charge on any atom is -0.354 e. The first-order valence-electron chi connectivity index (χ1n) is 12.2. The van der Waals surface area contributed by atoms with Crippen molar-refractivity contribution < 1.29 is 9.59 Å². The molecule has 4 nitrogen and oxygen atoms in total. The van der Waals surface area contributed by atoms with Gasteiger partial charge in [-0.1, -0.05) is 103 Å². The molecule has 3 aromatic rings.